The molecule has 1 aromatic heterocycles. The Balaban J connectivity index is 2.67. The molecule has 4 nitrogen and oxygen atoms in total. The molecule has 2 rings (SSSR count). The highest BCUT2D eigenvalue weighted by atomic mass is 16.5. The number of aryl methyl sites for hydroxylation is 3. The van der Waals surface area contributed by atoms with Gasteiger partial charge in [-0.2, -0.15) is 0 Å². The van der Waals surface area contributed by atoms with Crippen LogP contribution in [0.25, 0.3) is 11.3 Å². The molecule has 100 valence electrons. The van der Waals surface area contributed by atoms with Gasteiger partial charge in [-0.1, -0.05) is 6.07 Å². The molecule has 2 aromatic rings. The lowest BCUT2D eigenvalue weighted by molar-refractivity contribution is 0.413. The zero-order valence-electron chi connectivity index (χ0n) is 11.8. The second-order valence-electron chi connectivity index (χ2n) is 4.66. The van der Waals surface area contributed by atoms with Gasteiger partial charge in [0.05, 0.1) is 18.5 Å². The van der Waals surface area contributed by atoms with Crippen molar-refractivity contribution in [3.63, 3.8) is 0 Å². The summed E-state index contributed by atoms with van der Waals surface area (Å²) in [5.41, 5.74) is 10.6. The van der Waals surface area contributed by atoms with E-state index in [4.69, 9.17) is 10.5 Å². The molecule has 0 aliphatic carbocycles. The van der Waals surface area contributed by atoms with Gasteiger partial charge in [-0.15, -0.1) is 0 Å². The number of hydrogen-bond acceptors (Lipinski definition) is 4. The summed E-state index contributed by atoms with van der Waals surface area (Å²) in [5.74, 6) is 1.57. The third-order valence-electron chi connectivity index (χ3n) is 3.00. The van der Waals surface area contributed by atoms with Crippen molar-refractivity contribution in [2.45, 2.75) is 27.3 Å². The Morgan fingerprint density at radius 1 is 1.11 bits per heavy atom. The van der Waals surface area contributed by atoms with E-state index in [1.807, 2.05) is 19.9 Å². The van der Waals surface area contributed by atoms with Crippen molar-refractivity contribution in [2.24, 2.45) is 5.73 Å². The van der Waals surface area contributed by atoms with Crippen molar-refractivity contribution in [2.75, 3.05) is 7.11 Å². The highest BCUT2D eigenvalue weighted by Gasteiger charge is 2.12. The van der Waals surface area contributed by atoms with E-state index in [1.165, 1.54) is 5.56 Å². The minimum atomic E-state index is 0.406. The molecule has 19 heavy (non-hydrogen) atoms. The Hall–Kier alpha value is -1.94. The van der Waals surface area contributed by atoms with Crippen LogP contribution in [-0.2, 0) is 6.54 Å². The predicted octanol–water partition coefficient (Wildman–Crippen LogP) is 2.54. The van der Waals surface area contributed by atoms with E-state index in [0.29, 0.717) is 6.54 Å². The van der Waals surface area contributed by atoms with Crippen molar-refractivity contribution in [1.29, 1.82) is 0 Å². The highest BCUT2D eigenvalue weighted by Crippen LogP contribution is 2.33. The first-order valence-corrected chi connectivity index (χ1v) is 6.25. The van der Waals surface area contributed by atoms with Gasteiger partial charge in [0.25, 0.3) is 0 Å². The predicted molar refractivity (Wildman–Crippen MR) is 76.1 cm³/mol. The van der Waals surface area contributed by atoms with E-state index in [9.17, 15) is 0 Å². The maximum atomic E-state index is 5.67. The first-order valence-electron chi connectivity index (χ1n) is 6.25. The Morgan fingerprint density at radius 3 is 2.47 bits per heavy atom. The summed E-state index contributed by atoms with van der Waals surface area (Å²) >= 11 is 0. The van der Waals surface area contributed by atoms with Gasteiger partial charge in [0, 0.05) is 12.1 Å². The van der Waals surface area contributed by atoms with Crippen LogP contribution in [0.2, 0.25) is 0 Å². The molecule has 0 saturated heterocycles. The van der Waals surface area contributed by atoms with E-state index in [0.717, 1.165) is 34.1 Å². The Labute approximate surface area is 113 Å². The molecule has 0 amide bonds. The average Bonchev–Trinajstić information content (AvgIpc) is 2.37. The fraction of sp³-hybridized carbons (Fsp3) is 0.333. The molecule has 0 fully saturated rings. The maximum Gasteiger partial charge on any atom is 0.131 e. The van der Waals surface area contributed by atoms with Crippen molar-refractivity contribution < 1.29 is 4.74 Å². The highest BCUT2D eigenvalue weighted by molar-refractivity contribution is 5.70. The summed E-state index contributed by atoms with van der Waals surface area (Å²) in [5, 5.41) is 0. The Kier molecular flexibility index (Phi) is 3.81. The smallest absolute Gasteiger partial charge is 0.131 e. The quantitative estimate of drug-likeness (QED) is 0.918. The maximum absolute atomic E-state index is 5.67. The van der Waals surface area contributed by atoms with E-state index >= 15 is 0 Å². The summed E-state index contributed by atoms with van der Waals surface area (Å²) in [6.07, 6.45) is 0. The molecule has 4 heteroatoms. The third kappa shape index (κ3) is 2.74. The molecule has 0 bridgehead atoms. The van der Waals surface area contributed by atoms with Gasteiger partial charge in [0.15, 0.2) is 0 Å². The molecular formula is C15H19N3O. The fourth-order valence-electron chi connectivity index (χ4n) is 2.29. The van der Waals surface area contributed by atoms with Gasteiger partial charge in [-0.05, 0) is 44.0 Å². The summed E-state index contributed by atoms with van der Waals surface area (Å²) in [6.45, 7) is 6.38. The zero-order chi connectivity index (χ0) is 14.0. The van der Waals surface area contributed by atoms with Crippen LogP contribution in [0.1, 0.15) is 22.6 Å². The van der Waals surface area contributed by atoms with E-state index in [-0.39, 0.29) is 0 Å². The minimum absolute atomic E-state index is 0.406. The van der Waals surface area contributed by atoms with Crippen LogP contribution in [0.15, 0.2) is 18.2 Å². The fourth-order valence-corrected chi connectivity index (χ4v) is 2.29. The molecule has 1 aromatic carbocycles. The van der Waals surface area contributed by atoms with Crippen LogP contribution in [-0.4, -0.2) is 17.1 Å². The number of methoxy groups -OCH3 is 1. The van der Waals surface area contributed by atoms with Crippen LogP contribution in [0, 0.1) is 20.8 Å². The normalized spacial score (nSPS) is 10.6. The number of nitrogens with zero attached hydrogens (tertiary/aromatic N) is 2. The zero-order valence-corrected chi connectivity index (χ0v) is 11.8. The molecule has 2 N–H and O–H groups in total. The van der Waals surface area contributed by atoms with Gasteiger partial charge in [-0.25, -0.2) is 9.97 Å². The molecular weight excluding hydrogens is 238 g/mol. The van der Waals surface area contributed by atoms with Gasteiger partial charge >= 0.3 is 0 Å². The lowest BCUT2D eigenvalue weighted by Gasteiger charge is -2.13. The topological polar surface area (TPSA) is 61.0 Å². The van der Waals surface area contributed by atoms with Crippen LogP contribution in [0.4, 0.5) is 0 Å². The number of benzene rings is 1. The Morgan fingerprint density at radius 2 is 1.84 bits per heavy atom. The van der Waals surface area contributed by atoms with Crippen LogP contribution in [0.5, 0.6) is 5.75 Å². The van der Waals surface area contributed by atoms with Crippen molar-refractivity contribution in [3.8, 4) is 17.0 Å². The first-order chi connectivity index (χ1) is 9.05. The minimum Gasteiger partial charge on any atom is -0.496 e. The molecule has 0 atom stereocenters. The number of ether oxygens (including phenoxy) is 1. The second-order valence-corrected chi connectivity index (χ2v) is 4.66. The van der Waals surface area contributed by atoms with E-state index < -0.39 is 0 Å². The monoisotopic (exact) mass is 257 g/mol. The molecule has 0 unspecified atom stereocenters. The number of hydrogen-bond donors (Lipinski definition) is 1. The molecule has 0 aliphatic rings. The van der Waals surface area contributed by atoms with E-state index in [2.05, 4.69) is 29.0 Å². The van der Waals surface area contributed by atoms with Crippen LogP contribution < -0.4 is 10.5 Å². The molecule has 0 aliphatic heterocycles. The average molecular weight is 257 g/mol. The van der Waals surface area contributed by atoms with Gasteiger partial charge in [0.2, 0.25) is 0 Å². The van der Waals surface area contributed by atoms with Gasteiger partial charge in [-0.3, -0.25) is 0 Å². The van der Waals surface area contributed by atoms with Crippen molar-refractivity contribution >= 4 is 0 Å². The molecule has 0 radical (unpaired) electrons. The van der Waals surface area contributed by atoms with Gasteiger partial charge in [0.1, 0.15) is 11.6 Å². The van der Waals surface area contributed by atoms with Crippen LogP contribution in [0.3, 0.4) is 0 Å². The van der Waals surface area contributed by atoms with Crippen molar-refractivity contribution in [1.82, 2.24) is 9.97 Å². The summed E-state index contributed by atoms with van der Waals surface area (Å²) in [4.78, 5) is 8.80. The lowest BCUT2D eigenvalue weighted by Crippen LogP contribution is -2.04. The summed E-state index contributed by atoms with van der Waals surface area (Å²) in [7, 11) is 1.68. The third-order valence-corrected chi connectivity index (χ3v) is 3.00. The molecule has 1 heterocycles. The Bertz CT molecular complexity index is 609. The number of rotatable bonds is 3. The van der Waals surface area contributed by atoms with Crippen molar-refractivity contribution in [3.05, 3.63) is 40.8 Å². The second kappa shape index (κ2) is 5.36. The summed E-state index contributed by atoms with van der Waals surface area (Å²) < 4.78 is 5.51. The SMILES string of the molecule is COc1c(C)cc(C)cc1-c1cc(CN)nc(C)n1. The molecule has 0 saturated carbocycles. The van der Waals surface area contributed by atoms with Gasteiger partial charge < -0.3 is 10.5 Å². The standard InChI is InChI=1S/C15H19N3O/c1-9-5-10(2)15(19-4)13(6-9)14-7-12(8-16)17-11(3)18-14/h5-7H,8,16H2,1-4H3. The molecule has 0 spiro atoms. The number of aromatic nitrogens is 2. The number of nitrogens with two attached hydrogens (primary N) is 1. The van der Waals surface area contributed by atoms with E-state index in [1.54, 1.807) is 7.11 Å². The summed E-state index contributed by atoms with van der Waals surface area (Å²) in [6, 6.07) is 6.10. The lowest BCUT2D eigenvalue weighted by atomic mass is 10.0. The van der Waals surface area contributed by atoms with Crippen LogP contribution >= 0.6 is 0 Å². The first kappa shape index (κ1) is 13.5. The largest absolute Gasteiger partial charge is 0.496 e.